The normalized spacial score (nSPS) is 16.0. The van der Waals surface area contributed by atoms with Crippen molar-refractivity contribution in [2.24, 2.45) is 0 Å². The zero-order valence-corrected chi connectivity index (χ0v) is 15.3. The van der Waals surface area contributed by atoms with Crippen molar-refractivity contribution in [3.05, 3.63) is 47.0 Å². The van der Waals surface area contributed by atoms with Gasteiger partial charge in [-0.3, -0.25) is 4.90 Å². The molecular weight excluding hydrogens is 340 g/mol. The number of rotatable bonds is 3. The molecule has 0 aliphatic carbocycles. The third-order valence-corrected chi connectivity index (χ3v) is 4.42. The number of aryl methyl sites for hydroxylation is 1. The second kappa shape index (κ2) is 7.23. The number of benzene rings is 2. The van der Waals surface area contributed by atoms with Gasteiger partial charge in [-0.1, -0.05) is 24.6 Å². The fraction of sp³-hybridized carbons (Fsp3) is 0.316. The number of ether oxygens (including phenoxy) is 2. The summed E-state index contributed by atoms with van der Waals surface area (Å²) in [4.78, 5) is 14.7. The summed E-state index contributed by atoms with van der Waals surface area (Å²) >= 11 is 6.05. The Morgan fingerprint density at radius 3 is 2.88 bits per heavy atom. The highest BCUT2D eigenvalue weighted by atomic mass is 35.5. The molecule has 25 heavy (non-hydrogen) atoms. The fourth-order valence-electron chi connectivity index (χ4n) is 2.82. The third kappa shape index (κ3) is 3.66. The molecular formula is C19H21ClN2O3. The highest BCUT2D eigenvalue weighted by Gasteiger charge is 2.29. The SMILES string of the molecule is CC[C@H]1CN(C(=O)Nc2cc(Cl)ccc2OC)c2cc(C)ccc2O1. The van der Waals surface area contributed by atoms with Gasteiger partial charge in [-0.05, 0) is 49.2 Å². The second-order valence-corrected chi connectivity index (χ2v) is 6.44. The molecule has 5 nitrogen and oxygen atoms in total. The molecule has 1 atom stereocenters. The van der Waals surface area contributed by atoms with E-state index in [-0.39, 0.29) is 12.1 Å². The predicted octanol–water partition coefficient (Wildman–Crippen LogP) is 4.87. The maximum Gasteiger partial charge on any atom is 0.326 e. The minimum atomic E-state index is -0.242. The van der Waals surface area contributed by atoms with Gasteiger partial charge in [0.15, 0.2) is 0 Å². The number of urea groups is 1. The van der Waals surface area contributed by atoms with Crippen molar-refractivity contribution >= 4 is 29.0 Å². The van der Waals surface area contributed by atoms with Crippen LogP contribution in [0.25, 0.3) is 0 Å². The van der Waals surface area contributed by atoms with Gasteiger partial charge in [0.25, 0.3) is 0 Å². The Morgan fingerprint density at radius 2 is 2.16 bits per heavy atom. The molecule has 132 valence electrons. The van der Waals surface area contributed by atoms with Crippen LogP contribution < -0.4 is 19.7 Å². The molecule has 0 spiro atoms. The highest BCUT2D eigenvalue weighted by Crippen LogP contribution is 2.36. The molecule has 0 aromatic heterocycles. The van der Waals surface area contributed by atoms with Gasteiger partial charge in [-0.2, -0.15) is 0 Å². The van der Waals surface area contributed by atoms with Crippen LogP contribution in [0.2, 0.25) is 5.02 Å². The first kappa shape index (κ1) is 17.4. The molecule has 1 aliphatic heterocycles. The van der Waals surface area contributed by atoms with Crippen LogP contribution in [0.4, 0.5) is 16.2 Å². The van der Waals surface area contributed by atoms with Crippen LogP contribution in [0, 0.1) is 6.92 Å². The summed E-state index contributed by atoms with van der Waals surface area (Å²) in [5.74, 6) is 1.28. The Bertz CT molecular complexity index is 794. The van der Waals surface area contributed by atoms with E-state index < -0.39 is 0 Å². The average molecular weight is 361 g/mol. The first-order valence-corrected chi connectivity index (χ1v) is 8.59. The van der Waals surface area contributed by atoms with Crippen molar-refractivity contribution in [1.29, 1.82) is 0 Å². The van der Waals surface area contributed by atoms with Crippen molar-refractivity contribution in [1.82, 2.24) is 0 Å². The molecule has 1 aliphatic rings. The molecule has 1 N–H and O–H groups in total. The van der Waals surface area contributed by atoms with E-state index in [0.717, 1.165) is 23.4 Å². The van der Waals surface area contributed by atoms with Gasteiger partial charge in [0, 0.05) is 5.02 Å². The van der Waals surface area contributed by atoms with Crippen molar-refractivity contribution in [2.75, 3.05) is 23.9 Å². The minimum Gasteiger partial charge on any atom is -0.495 e. The first-order valence-electron chi connectivity index (χ1n) is 8.21. The summed E-state index contributed by atoms with van der Waals surface area (Å²) < 4.78 is 11.3. The summed E-state index contributed by atoms with van der Waals surface area (Å²) in [6.07, 6.45) is 0.777. The van der Waals surface area contributed by atoms with Crippen molar-refractivity contribution in [3.8, 4) is 11.5 Å². The molecule has 3 rings (SSSR count). The fourth-order valence-corrected chi connectivity index (χ4v) is 2.99. The zero-order valence-electron chi connectivity index (χ0n) is 14.5. The predicted molar refractivity (Wildman–Crippen MR) is 100 cm³/mol. The van der Waals surface area contributed by atoms with Crippen LogP contribution >= 0.6 is 11.6 Å². The van der Waals surface area contributed by atoms with Gasteiger partial charge in [0.1, 0.15) is 17.6 Å². The Kier molecular flexibility index (Phi) is 5.04. The van der Waals surface area contributed by atoms with Gasteiger partial charge in [-0.25, -0.2) is 4.79 Å². The number of halogens is 1. The zero-order chi connectivity index (χ0) is 18.0. The summed E-state index contributed by atoms with van der Waals surface area (Å²) in [7, 11) is 1.55. The number of anilines is 2. The van der Waals surface area contributed by atoms with Crippen molar-refractivity contribution < 1.29 is 14.3 Å². The molecule has 0 unspecified atom stereocenters. The average Bonchev–Trinajstić information content (AvgIpc) is 2.61. The Balaban J connectivity index is 1.92. The van der Waals surface area contributed by atoms with E-state index in [0.29, 0.717) is 23.0 Å². The van der Waals surface area contributed by atoms with Gasteiger partial charge >= 0.3 is 6.03 Å². The second-order valence-electron chi connectivity index (χ2n) is 6.00. The minimum absolute atomic E-state index is 0.0396. The Hall–Kier alpha value is -2.40. The van der Waals surface area contributed by atoms with E-state index in [1.807, 2.05) is 32.0 Å². The van der Waals surface area contributed by atoms with E-state index in [1.165, 1.54) is 0 Å². The standard InChI is InChI=1S/C19H21ClN2O3/c1-4-14-11-22(16-9-12(2)5-7-18(16)25-14)19(23)21-15-10-13(20)6-8-17(15)24-3/h5-10,14H,4,11H2,1-3H3,(H,21,23)/t14-/m0/s1. The van der Waals surface area contributed by atoms with Crippen LogP contribution in [0.3, 0.4) is 0 Å². The van der Waals surface area contributed by atoms with Crippen LogP contribution in [0.1, 0.15) is 18.9 Å². The molecule has 0 radical (unpaired) electrons. The lowest BCUT2D eigenvalue weighted by atomic mass is 10.1. The smallest absolute Gasteiger partial charge is 0.326 e. The monoisotopic (exact) mass is 360 g/mol. The van der Waals surface area contributed by atoms with Crippen molar-refractivity contribution in [3.63, 3.8) is 0 Å². The molecule has 0 saturated carbocycles. The Labute approximate surface area is 152 Å². The van der Waals surface area contributed by atoms with Crippen LogP contribution in [-0.4, -0.2) is 25.8 Å². The molecule has 2 amide bonds. The quantitative estimate of drug-likeness (QED) is 0.849. The van der Waals surface area contributed by atoms with E-state index in [2.05, 4.69) is 5.32 Å². The van der Waals surface area contributed by atoms with Gasteiger partial charge < -0.3 is 14.8 Å². The largest absolute Gasteiger partial charge is 0.495 e. The van der Waals surface area contributed by atoms with E-state index in [4.69, 9.17) is 21.1 Å². The number of fused-ring (bicyclic) bond motifs is 1. The Morgan fingerprint density at radius 1 is 1.36 bits per heavy atom. The topological polar surface area (TPSA) is 50.8 Å². The summed E-state index contributed by atoms with van der Waals surface area (Å²) in [6, 6.07) is 10.7. The molecule has 2 aromatic carbocycles. The number of nitrogens with one attached hydrogen (secondary N) is 1. The van der Waals surface area contributed by atoms with Crippen LogP contribution in [-0.2, 0) is 0 Å². The van der Waals surface area contributed by atoms with Crippen molar-refractivity contribution in [2.45, 2.75) is 26.4 Å². The maximum atomic E-state index is 12.9. The van der Waals surface area contributed by atoms with Crippen LogP contribution in [0.15, 0.2) is 36.4 Å². The number of carbonyl (C=O) groups is 1. The number of carbonyl (C=O) groups excluding carboxylic acids is 1. The number of hydrogen-bond donors (Lipinski definition) is 1. The maximum absolute atomic E-state index is 12.9. The number of nitrogens with zero attached hydrogens (tertiary/aromatic N) is 1. The molecule has 0 bridgehead atoms. The number of amides is 2. The summed E-state index contributed by atoms with van der Waals surface area (Å²) in [5.41, 5.74) is 2.37. The summed E-state index contributed by atoms with van der Waals surface area (Å²) in [6.45, 7) is 4.52. The van der Waals surface area contributed by atoms with Gasteiger partial charge in [-0.15, -0.1) is 0 Å². The molecule has 0 saturated heterocycles. The van der Waals surface area contributed by atoms with Gasteiger partial charge in [0.2, 0.25) is 0 Å². The number of hydrogen-bond acceptors (Lipinski definition) is 3. The highest BCUT2D eigenvalue weighted by molar-refractivity contribution is 6.31. The summed E-state index contributed by atoms with van der Waals surface area (Å²) in [5, 5.41) is 3.43. The lowest BCUT2D eigenvalue weighted by molar-refractivity contribution is 0.188. The molecule has 2 aromatic rings. The lowest BCUT2D eigenvalue weighted by Crippen LogP contribution is -2.45. The molecule has 6 heteroatoms. The lowest BCUT2D eigenvalue weighted by Gasteiger charge is -2.34. The number of methoxy groups -OCH3 is 1. The first-order chi connectivity index (χ1) is 12.0. The third-order valence-electron chi connectivity index (χ3n) is 4.19. The molecule has 1 heterocycles. The van der Waals surface area contributed by atoms with E-state index >= 15 is 0 Å². The van der Waals surface area contributed by atoms with E-state index in [9.17, 15) is 4.79 Å². The van der Waals surface area contributed by atoms with Crippen LogP contribution in [0.5, 0.6) is 11.5 Å². The molecule has 0 fully saturated rings. The van der Waals surface area contributed by atoms with Gasteiger partial charge in [0.05, 0.1) is 25.0 Å². The van der Waals surface area contributed by atoms with E-state index in [1.54, 1.807) is 30.2 Å².